The van der Waals surface area contributed by atoms with Gasteiger partial charge < -0.3 is 9.64 Å². The minimum Gasteiger partial charge on any atom is -0.481 e. The molecule has 1 saturated carbocycles. The third-order valence-electron chi connectivity index (χ3n) is 2.60. The molecule has 1 fully saturated rings. The monoisotopic (exact) mass is 241 g/mol. The van der Waals surface area contributed by atoms with Crippen LogP contribution in [0.25, 0.3) is 0 Å². The molecular weight excluding hydrogens is 226 g/mol. The number of hydrogen-bond acceptors (Lipinski definition) is 4. The Hall–Kier alpha value is -1.03. The number of aryl methyl sites for hydroxylation is 1. The van der Waals surface area contributed by atoms with E-state index in [4.69, 9.17) is 16.3 Å². The van der Waals surface area contributed by atoms with Gasteiger partial charge in [0.25, 0.3) is 0 Å². The lowest BCUT2D eigenvalue weighted by atomic mass is 10.4. The van der Waals surface area contributed by atoms with Crippen LogP contribution < -0.4 is 9.64 Å². The fourth-order valence-electron chi connectivity index (χ4n) is 1.68. The molecule has 0 aliphatic heterocycles. The number of anilines is 1. The molecule has 16 heavy (non-hydrogen) atoms. The zero-order valence-electron chi connectivity index (χ0n) is 9.61. The van der Waals surface area contributed by atoms with E-state index in [1.807, 2.05) is 13.0 Å². The van der Waals surface area contributed by atoms with Crippen LogP contribution in [0.1, 0.15) is 18.5 Å². The van der Waals surface area contributed by atoms with Gasteiger partial charge in [-0.2, -0.15) is 4.98 Å². The van der Waals surface area contributed by atoms with Crippen molar-refractivity contribution in [1.29, 1.82) is 0 Å². The largest absolute Gasteiger partial charge is 0.481 e. The maximum atomic E-state index is 5.80. The molecule has 1 heterocycles. The average Bonchev–Trinajstić information content (AvgIpc) is 3.08. The zero-order valence-corrected chi connectivity index (χ0v) is 10.4. The molecule has 0 unspecified atom stereocenters. The Labute approximate surface area is 101 Å². The summed E-state index contributed by atoms with van der Waals surface area (Å²) in [6.07, 6.45) is 2.41. The summed E-state index contributed by atoms with van der Waals surface area (Å²) in [5.74, 6) is 1.94. The fourth-order valence-corrected chi connectivity index (χ4v) is 1.86. The second kappa shape index (κ2) is 4.87. The van der Waals surface area contributed by atoms with Crippen LogP contribution in [0.5, 0.6) is 5.88 Å². The summed E-state index contributed by atoms with van der Waals surface area (Å²) in [6, 6.07) is 2.39. The molecule has 0 spiro atoms. The smallest absolute Gasteiger partial charge is 0.229 e. The lowest BCUT2D eigenvalue weighted by Gasteiger charge is -2.21. The Kier molecular flexibility index (Phi) is 3.49. The molecule has 1 aliphatic rings. The van der Waals surface area contributed by atoms with Crippen LogP contribution in [-0.4, -0.2) is 35.5 Å². The van der Waals surface area contributed by atoms with Gasteiger partial charge in [-0.3, -0.25) is 0 Å². The van der Waals surface area contributed by atoms with Crippen LogP contribution in [0.4, 0.5) is 5.95 Å². The summed E-state index contributed by atoms with van der Waals surface area (Å²) in [4.78, 5) is 11.0. The molecule has 1 aromatic heterocycles. The second-order valence-corrected chi connectivity index (χ2v) is 4.34. The summed E-state index contributed by atoms with van der Waals surface area (Å²) in [7, 11) is 1.62. The number of hydrogen-bond donors (Lipinski definition) is 0. The highest BCUT2D eigenvalue weighted by Crippen LogP contribution is 2.30. The minimum absolute atomic E-state index is 0.560. The van der Waals surface area contributed by atoms with E-state index in [2.05, 4.69) is 14.9 Å². The average molecular weight is 242 g/mol. The molecule has 1 aromatic rings. The number of halogens is 1. The fraction of sp³-hybridized carbons (Fsp3) is 0.636. The third kappa shape index (κ3) is 2.55. The number of aromatic nitrogens is 2. The molecule has 0 bridgehead atoms. The zero-order chi connectivity index (χ0) is 11.5. The van der Waals surface area contributed by atoms with Crippen molar-refractivity contribution in [3.05, 3.63) is 11.8 Å². The minimum atomic E-state index is 0.560. The van der Waals surface area contributed by atoms with Gasteiger partial charge >= 0.3 is 0 Å². The number of ether oxygens (including phenoxy) is 1. The summed E-state index contributed by atoms with van der Waals surface area (Å²) < 4.78 is 5.15. The Balaban J connectivity index is 2.25. The number of alkyl halides is 1. The Morgan fingerprint density at radius 3 is 2.81 bits per heavy atom. The first-order chi connectivity index (χ1) is 7.74. The van der Waals surface area contributed by atoms with Gasteiger partial charge in [-0.15, -0.1) is 11.6 Å². The van der Waals surface area contributed by atoms with Crippen LogP contribution in [0.3, 0.4) is 0 Å². The maximum absolute atomic E-state index is 5.80. The van der Waals surface area contributed by atoms with Gasteiger partial charge in [0.1, 0.15) is 0 Å². The van der Waals surface area contributed by atoms with E-state index in [1.165, 1.54) is 12.8 Å². The van der Waals surface area contributed by atoms with Crippen molar-refractivity contribution < 1.29 is 4.74 Å². The topological polar surface area (TPSA) is 38.2 Å². The summed E-state index contributed by atoms with van der Waals surface area (Å²) in [5, 5.41) is 0. The Morgan fingerprint density at radius 2 is 2.25 bits per heavy atom. The molecular formula is C11H16ClN3O. The van der Waals surface area contributed by atoms with Crippen molar-refractivity contribution in [3.63, 3.8) is 0 Å². The molecule has 0 amide bonds. The Morgan fingerprint density at radius 1 is 1.50 bits per heavy atom. The molecule has 4 nitrogen and oxygen atoms in total. The van der Waals surface area contributed by atoms with Gasteiger partial charge in [0.2, 0.25) is 11.8 Å². The van der Waals surface area contributed by atoms with Crippen molar-refractivity contribution in [2.45, 2.75) is 25.8 Å². The van der Waals surface area contributed by atoms with Crippen molar-refractivity contribution >= 4 is 17.5 Å². The first kappa shape index (κ1) is 11.5. The second-order valence-electron chi connectivity index (χ2n) is 3.97. The van der Waals surface area contributed by atoms with Crippen LogP contribution in [0, 0.1) is 6.92 Å². The summed E-state index contributed by atoms with van der Waals surface area (Å²) in [6.45, 7) is 2.73. The molecule has 0 aromatic carbocycles. The van der Waals surface area contributed by atoms with Crippen LogP contribution in [0.2, 0.25) is 0 Å². The van der Waals surface area contributed by atoms with E-state index >= 15 is 0 Å². The van der Waals surface area contributed by atoms with Crippen LogP contribution >= 0.6 is 11.6 Å². The van der Waals surface area contributed by atoms with Gasteiger partial charge in [0.15, 0.2) is 0 Å². The summed E-state index contributed by atoms with van der Waals surface area (Å²) in [5.41, 5.74) is 0.919. The highest BCUT2D eigenvalue weighted by molar-refractivity contribution is 6.18. The molecule has 0 saturated heterocycles. The number of nitrogens with zero attached hydrogens (tertiary/aromatic N) is 3. The SMILES string of the molecule is COc1cc(C)nc(N(CCCl)C2CC2)n1. The molecule has 0 radical (unpaired) electrons. The lowest BCUT2D eigenvalue weighted by molar-refractivity contribution is 0.396. The van der Waals surface area contributed by atoms with Crippen LogP contribution in [0.15, 0.2) is 6.07 Å². The molecule has 88 valence electrons. The lowest BCUT2D eigenvalue weighted by Crippen LogP contribution is -2.29. The highest BCUT2D eigenvalue weighted by Gasteiger charge is 2.30. The maximum Gasteiger partial charge on any atom is 0.229 e. The van der Waals surface area contributed by atoms with E-state index in [-0.39, 0.29) is 0 Å². The number of rotatable bonds is 5. The van der Waals surface area contributed by atoms with E-state index < -0.39 is 0 Å². The van der Waals surface area contributed by atoms with Crippen LogP contribution in [-0.2, 0) is 0 Å². The van der Waals surface area contributed by atoms with Gasteiger partial charge in [0, 0.05) is 30.2 Å². The summed E-state index contributed by atoms with van der Waals surface area (Å²) >= 11 is 5.80. The molecule has 2 rings (SSSR count). The van der Waals surface area contributed by atoms with Crippen molar-refractivity contribution in [2.75, 3.05) is 24.4 Å². The van der Waals surface area contributed by atoms with E-state index in [0.29, 0.717) is 17.8 Å². The predicted octanol–water partition coefficient (Wildman–Crippen LogP) is 2.00. The molecule has 1 aliphatic carbocycles. The quantitative estimate of drug-likeness (QED) is 0.740. The van der Waals surface area contributed by atoms with Crippen molar-refractivity contribution in [2.24, 2.45) is 0 Å². The molecule has 0 atom stereocenters. The Bertz CT molecular complexity index is 368. The van der Waals surface area contributed by atoms with E-state index in [9.17, 15) is 0 Å². The predicted molar refractivity (Wildman–Crippen MR) is 64.4 cm³/mol. The standard InChI is InChI=1S/C11H16ClN3O/c1-8-7-10(16-2)14-11(13-8)15(6-5-12)9-3-4-9/h7,9H,3-6H2,1-2H3. The first-order valence-corrected chi connectivity index (χ1v) is 6.00. The normalized spacial score (nSPS) is 14.9. The highest BCUT2D eigenvalue weighted by atomic mass is 35.5. The third-order valence-corrected chi connectivity index (χ3v) is 2.77. The van der Waals surface area contributed by atoms with Gasteiger partial charge in [-0.05, 0) is 19.8 Å². The van der Waals surface area contributed by atoms with Gasteiger partial charge in [-0.25, -0.2) is 4.98 Å². The molecule has 0 N–H and O–H groups in total. The molecule has 5 heteroatoms. The van der Waals surface area contributed by atoms with E-state index in [1.54, 1.807) is 7.11 Å². The van der Waals surface area contributed by atoms with Gasteiger partial charge in [-0.1, -0.05) is 0 Å². The van der Waals surface area contributed by atoms with E-state index in [0.717, 1.165) is 18.2 Å². The first-order valence-electron chi connectivity index (χ1n) is 5.47. The van der Waals surface area contributed by atoms with Crippen molar-refractivity contribution in [3.8, 4) is 5.88 Å². The van der Waals surface area contributed by atoms with Gasteiger partial charge in [0.05, 0.1) is 7.11 Å². The number of methoxy groups -OCH3 is 1. The van der Waals surface area contributed by atoms with Crippen molar-refractivity contribution in [1.82, 2.24) is 9.97 Å².